The first-order chi connectivity index (χ1) is 16.8. The summed E-state index contributed by atoms with van der Waals surface area (Å²) in [4.78, 5) is 25.3. The van der Waals surface area contributed by atoms with Gasteiger partial charge in [-0.15, -0.1) is 10.1 Å². The van der Waals surface area contributed by atoms with Gasteiger partial charge in [-0.1, -0.05) is 26.4 Å². The minimum Gasteiger partial charge on any atom is -0.475 e. The molecule has 0 radical (unpaired) electrons. The van der Waals surface area contributed by atoms with Crippen LogP contribution in [-0.2, 0) is 30.3 Å². The number of carbonyl (C=O) groups excluding carboxylic acids is 1. The molecule has 1 aromatic rings. The number of nitrogens with zero attached hydrogens (tertiary/aromatic N) is 1. The fraction of sp³-hybridized carbons (Fsp3) is 0.526. The Morgan fingerprint density at radius 2 is 1.70 bits per heavy atom. The molecule has 1 aromatic carbocycles. The second-order valence-corrected chi connectivity index (χ2v) is 10.8. The highest BCUT2D eigenvalue weighted by Gasteiger charge is 2.66. The topological polar surface area (TPSA) is 106 Å². The van der Waals surface area contributed by atoms with Gasteiger partial charge in [0.15, 0.2) is 12.2 Å². The van der Waals surface area contributed by atoms with Crippen LogP contribution in [0.25, 0.3) is 6.08 Å². The lowest BCUT2D eigenvalue weighted by Gasteiger charge is -2.41. The number of fused-ring (bicyclic) bond motifs is 2. The lowest BCUT2D eigenvalue weighted by Crippen LogP contribution is -2.43. The zero-order chi connectivity index (χ0) is 27.6. The van der Waals surface area contributed by atoms with E-state index in [1.807, 2.05) is 0 Å². The molecule has 18 heteroatoms. The summed E-state index contributed by atoms with van der Waals surface area (Å²) in [6.07, 6.45) is -13.1. The third kappa shape index (κ3) is 5.40. The van der Waals surface area contributed by atoms with Gasteiger partial charge < -0.3 is 23.8 Å². The summed E-state index contributed by atoms with van der Waals surface area (Å²) in [5, 5.41) is 9.44. The zero-order valence-electron chi connectivity index (χ0n) is 18.4. The van der Waals surface area contributed by atoms with Crippen molar-refractivity contribution in [3.63, 3.8) is 0 Å². The molecular formula is C19H17F8NO8S. The molecule has 0 aliphatic carbocycles. The molecule has 2 saturated heterocycles. The van der Waals surface area contributed by atoms with E-state index in [0.29, 0.717) is 6.08 Å². The molecule has 208 valence electrons. The average Bonchev–Trinajstić information content (AvgIpc) is 3.32. The SMILES string of the molecule is CCc1cc(S(F)(F)(F)(F)F)cc2c1OC(C(F)(F)F)C(C(=O)OC1COC3C(O[N+](=O)[O-])COC13)=C2. The number of aryl methyl sites for hydroxylation is 1. The van der Waals surface area contributed by atoms with Crippen molar-refractivity contribution >= 4 is 22.3 Å². The monoisotopic (exact) mass is 571 g/mol. The number of alkyl halides is 3. The highest BCUT2D eigenvalue weighted by atomic mass is 32.5. The van der Waals surface area contributed by atoms with Crippen molar-refractivity contribution in [2.45, 2.75) is 54.9 Å². The van der Waals surface area contributed by atoms with Crippen LogP contribution < -0.4 is 4.74 Å². The molecule has 3 heterocycles. The molecule has 5 atom stereocenters. The summed E-state index contributed by atoms with van der Waals surface area (Å²) in [5.41, 5.74) is -2.71. The van der Waals surface area contributed by atoms with E-state index in [1.54, 1.807) is 0 Å². The highest BCUT2D eigenvalue weighted by Crippen LogP contribution is 3.02. The normalized spacial score (nSPS) is 29.2. The van der Waals surface area contributed by atoms with E-state index in [1.165, 1.54) is 6.92 Å². The summed E-state index contributed by atoms with van der Waals surface area (Å²) < 4.78 is 129. The lowest BCUT2D eigenvalue weighted by atomic mass is 9.98. The maximum atomic E-state index is 13.8. The van der Waals surface area contributed by atoms with E-state index >= 15 is 0 Å². The van der Waals surface area contributed by atoms with E-state index < -0.39 is 98.3 Å². The van der Waals surface area contributed by atoms with Gasteiger partial charge in [-0.2, -0.15) is 13.2 Å². The summed E-state index contributed by atoms with van der Waals surface area (Å²) in [6.45, 7) is 0.415. The molecule has 3 aliphatic rings. The van der Waals surface area contributed by atoms with Crippen LogP contribution in [-0.4, -0.2) is 61.0 Å². The second kappa shape index (κ2) is 8.07. The molecule has 2 fully saturated rings. The highest BCUT2D eigenvalue weighted by molar-refractivity contribution is 8.45. The Labute approximate surface area is 202 Å². The Morgan fingerprint density at radius 1 is 1.11 bits per heavy atom. The van der Waals surface area contributed by atoms with Gasteiger partial charge >= 0.3 is 22.4 Å². The van der Waals surface area contributed by atoms with Gasteiger partial charge in [0.25, 0.3) is 5.09 Å². The largest absolute Gasteiger partial charge is 0.475 e. The van der Waals surface area contributed by atoms with Crippen molar-refractivity contribution in [1.82, 2.24) is 0 Å². The third-order valence-corrected chi connectivity index (χ3v) is 6.93. The smallest absolute Gasteiger partial charge is 0.430 e. The Bertz CT molecular complexity index is 1170. The van der Waals surface area contributed by atoms with Gasteiger partial charge in [0, 0.05) is 5.56 Å². The second-order valence-electron chi connectivity index (χ2n) is 8.37. The first kappa shape index (κ1) is 27.2. The minimum atomic E-state index is -10.2. The van der Waals surface area contributed by atoms with Crippen LogP contribution in [0.15, 0.2) is 22.6 Å². The number of rotatable bonds is 6. The van der Waals surface area contributed by atoms with Crippen molar-refractivity contribution in [3.05, 3.63) is 38.9 Å². The molecule has 0 saturated carbocycles. The summed E-state index contributed by atoms with van der Waals surface area (Å²) in [7, 11) is -10.2. The van der Waals surface area contributed by atoms with Gasteiger partial charge in [0.1, 0.15) is 22.9 Å². The third-order valence-electron chi connectivity index (χ3n) is 5.80. The number of carbonyl (C=O) groups is 1. The van der Waals surface area contributed by atoms with E-state index in [4.69, 9.17) is 18.9 Å². The van der Waals surface area contributed by atoms with Gasteiger partial charge in [0.05, 0.1) is 18.8 Å². The van der Waals surface area contributed by atoms with Crippen LogP contribution in [0, 0.1) is 10.1 Å². The molecule has 4 rings (SSSR count). The van der Waals surface area contributed by atoms with Crippen molar-refractivity contribution in [1.29, 1.82) is 0 Å². The first-order valence-corrected chi connectivity index (χ1v) is 12.3. The summed E-state index contributed by atoms with van der Waals surface area (Å²) in [6, 6.07) is -0.0773. The fourth-order valence-electron chi connectivity index (χ4n) is 4.19. The van der Waals surface area contributed by atoms with Crippen LogP contribution in [0.4, 0.5) is 32.6 Å². The molecule has 37 heavy (non-hydrogen) atoms. The number of halogens is 8. The van der Waals surface area contributed by atoms with Crippen LogP contribution in [0.2, 0.25) is 0 Å². The molecule has 0 amide bonds. The van der Waals surface area contributed by atoms with Crippen LogP contribution >= 0.6 is 10.2 Å². The predicted molar refractivity (Wildman–Crippen MR) is 107 cm³/mol. The summed E-state index contributed by atoms with van der Waals surface area (Å²) >= 11 is 0. The maximum absolute atomic E-state index is 13.8. The Hall–Kier alpha value is -2.86. The molecule has 0 spiro atoms. The molecule has 0 aromatic heterocycles. The van der Waals surface area contributed by atoms with Crippen LogP contribution in [0.3, 0.4) is 0 Å². The van der Waals surface area contributed by atoms with Crippen molar-refractivity contribution in [2.24, 2.45) is 0 Å². The fourth-order valence-corrected chi connectivity index (χ4v) is 4.90. The number of esters is 1. The van der Waals surface area contributed by atoms with Crippen molar-refractivity contribution < 1.29 is 66.3 Å². The Kier molecular flexibility index (Phi) is 5.93. The van der Waals surface area contributed by atoms with Crippen molar-refractivity contribution in [2.75, 3.05) is 13.2 Å². The van der Waals surface area contributed by atoms with Crippen LogP contribution in [0.5, 0.6) is 5.75 Å². The standard InChI is InChI=1S/C19H17F8NO8S/c1-2-8-3-10(37(23,24,25,26)27)4-9-5-11(17(19(20,21)22)35-14(8)9)18(29)34-12-6-32-16-13(36-28(30)31)7-33-15(12)16/h3-5,12-13,15-17H,2,6-7H2,1H3. The van der Waals surface area contributed by atoms with Crippen molar-refractivity contribution in [3.8, 4) is 5.75 Å². The number of ether oxygens (including phenoxy) is 4. The van der Waals surface area contributed by atoms with Gasteiger partial charge in [0.2, 0.25) is 6.10 Å². The molecule has 9 nitrogen and oxygen atoms in total. The minimum absolute atomic E-state index is 0.0157. The molecular weight excluding hydrogens is 554 g/mol. The molecule has 0 bridgehead atoms. The van der Waals surface area contributed by atoms with Crippen LogP contribution in [0.1, 0.15) is 18.1 Å². The van der Waals surface area contributed by atoms with E-state index in [9.17, 15) is 47.5 Å². The van der Waals surface area contributed by atoms with E-state index in [-0.39, 0.29) is 18.7 Å². The molecule has 5 unspecified atom stereocenters. The van der Waals surface area contributed by atoms with Gasteiger partial charge in [-0.25, -0.2) is 4.79 Å². The molecule has 0 N–H and O–H groups in total. The number of hydrogen-bond acceptors (Lipinski definition) is 8. The first-order valence-electron chi connectivity index (χ1n) is 10.4. The zero-order valence-corrected chi connectivity index (χ0v) is 19.2. The quantitative estimate of drug-likeness (QED) is 0.206. The van der Waals surface area contributed by atoms with Gasteiger partial charge in [-0.05, 0) is 30.2 Å². The van der Waals surface area contributed by atoms with E-state index in [2.05, 4.69) is 4.84 Å². The maximum Gasteiger partial charge on any atom is 0.430 e. The Morgan fingerprint density at radius 3 is 2.24 bits per heavy atom. The lowest BCUT2D eigenvalue weighted by molar-refractivity contribution is -0.769. The summed E-state index contributed by atoms with van der Waals surface area (Å²) in [5.74, 6) is -2.43. The average molecular weight is 571 g/mol. The number of hydrogen-bond donors (Lipinski definition) is 0. The molecule has 3 aliphatic heterocycles. The van der Waals surface area contributed by atoms with Gasteiger partial charge in [-0.3, -0.25) is 0 Å². The Balaban J connectivity index is 1.68. The number of benzene rings is 1. The predicted octanol–water partition coefficient (Wildman–Crippen LogP) is 4.90. The van der Waals surface area contributed by atoms with E-state index in [0.717, 1.165) is 0 Å².